The molecule has 0 aliphatic rings. The predicted octanol–water partition coefficient (Wildman–Crippen LogP) is 3.28. The van der Waals surface area contributed by atoms with Crippen LogP contribution in [0.3, 0.4) is 0 Å². The summed E-state index contributed by atoms with van der Waals surface area (Å²) in [7, 11) is 0. The molecule has 0 saturated heterocycles. The number of benzene rings is 1. The minimum Gasteiger partial charge on any atom is -0.465 e. The fourth-order valence-electron chi connectivity index (χ4n) is 1.82. The van der Waals surface area contributed by atoms with Gasteiger partial charge in [0, 0.05) is 5.56 Å². The lowest BCUT2D eigenvalue weighted by molar-refractivity contribution is 0.148. The molecule has 1 heterocycles. The summed E-state index contributed by atoms with van der Waals surface area (Å²) in [6.07, 6.45) is 4.06. The number of nitrogens with two attached hydrogens (primary N) is 1. The van der Waals surface area contributed by atoms with Crippen LogP contribution in [0.1, 0.15) is 22.6 Å². The summed E-state index contributed by atoms with van der Waals surface area (Å²) >= 11 is 0. The van der Waals surface area contributed by atoms with Crippen molar-refractivity contribution < 1.29 is 9.15 Å². The van der Waals surface area contributed by atoms with Gasteiger partial charge in [0.05, 0.1) is 19.8 Å². The fourth-order valence-corrected chi connectivity index (χ4v) is 1.82. The second-order valence-electron chi connectivity index (χ2n) is 4.33. The maximum absolute atomic E-state index is 5.59. The zero-order valence-electron chi connectivity index (χ0n) is 11.1. The summed E-state index contributed by atoms with van der Waals surface area (Å²) < 4.78 is 11.1. The van der Waals surface area contributed by atoms with Gasteiger partial charge in [0.2, 0.25) is 0 Å². The van der Waals surface area contributed by atoms with E-state index in [1.54, 1.807) is 0 Å². The second kappa shape index (κ2) is 6.92. The van der Waals surface area contributed by atoms with Gasteiger partial charge in [0.1, 0.15) is 11.5 Å². The van der Waals surface area contributed by atoms with Crippen LogP contribution in [0, 0.1) is 6.92 Å². The molecule has 3 heteroatoms. The van der Waals surface area contributed by atoms with Gasteiger partial charge < -0.3 is 14.9 Å². The van der Waals surface area contributed by atoms with Gasteiger partial charge in [-0.1, -0.05) is 42.5 Å². The first kappa shape index (κ1) is 13.6. The molecule has 2 rings (SSSR count). The van der Waals surface area contributed by atoms with Crippen LogP contribution in [0.15, 0.2) is 46.9 Å². The Balaban J connectivity index is 1.77. The van der Waals surface area contributed by atoms with E-state index in [9.17, 15) is 0 Å². The zero-order valence-corrected chi connectivity index (χ0v) is 11.1. The molecule has 0 aliphatic heterocycles. The van der Waals surface area contributed by atoms with E-state index in [4.69, 9.17) is 14.9 Å². The highest BCUT2D eigenvalue weighted by atomic mass is 16.5. The molecule has 1 aromatic heterocycles. The zero-order chi connectivity index (χ0) is 13.5. The van der Waals surface area contributed by atoms with E-state index in [1.807, 2.05) is 43.3 Å². The van der Waals surface area contributed by atoms with Gasteiger partial charge in [-0.25, -0.2) is 0 Å². The highest BCUT2D eigenvalue weighted by molar-refractivity contribution is 5.48. The Morgan fingerprint density at radius 1 is 1.26 bits per heavy atom. The summed E-state index contributed by atoms with van der Waals surface area (Å²) in [5.41, 5.74) is 7.77. The van der Waals surface area contributed by atoms with Crippen molar-refractivity contribution in [1.82, 2.24) is 0 Å². The van der Waals surface area contributed by atoms with E-state index in [0.29, 0.717) is 19.8 Å². The van der Waals surface area contributed by atoms with Crippen molar-refractivity contribution in [3.05, 3.63) is 65.1 Å². The van der Waals surface area contributed by atoms with Gasteiger partial charge in [0.25, 0.3) is 0 Å². The highest BCUT2D eigenvalue weighted by Gasteiger charge is 2.05. The van der Waals surface area contributed by atoms with Crippen LogP contribution in [0.5, 0.6) is 0 Å². The van der Waals surface area contributed by atoms with E-state index in [-0.39, 0.29) is 0 Å². The molecule has 19 heavy (non-hydrogen) atoms. The number of rotatable bonds is 6. The van der Waals surface area contributed by atoms with Gasteiger partial charge >= 0.3 is 0 Å². The quantitative estimate of drug-likeness (QED) is 0.808. The van der Waals surface area contributed by atoms with E-state index in [0.717, 1.165) is 17.1 Å². The van der Waals surface area contributed by atoms with Gasteiger partial charge in [-0.15, -0.1) is 0 Å². The van der Waals surface area contributed by atoms with Crippen LogP contribution < -0.4 is 5.73 Å². The summed E-state index contributed by atoms with van der Waals surface area (Å²) in [4.78, 5) is 0. The van der Waals surface area contributed by atoms with Crippen molar-refractivity contribution in [1.29, 1.82) is 0 Å². The van der Waals surface area contributed by atoms with Crippen molar-refractivity contribution in [2.24, 2.45) is 5.73 Å². The lowest BCUT2D eigenvalue weighted by Gasteiger charge is -1.99. The maximum Gasteiger partial charge on any atom is 0.118 e. The monoisotopic (exact) mass is 257 g/mol. The van der Waals surface area contributed by atoms with Crippen LogP contribution in [0.2, 0.25) is 0 Å². The normalized spacial score (nSPS) is 11.3. The van der Waals surface area contributed by atoms with Gasteiger partial charge in [-0.2, -0.15) is 0 Å². The first-order valence-electron chi connectivity index (χ1n) is 6.37. The largest absolute Gasteiger partial charge is 0.465 e. The Morgan fingerprint density at radius 2 is 2.05 bits per heavy atom. The molecule has 0 unspecified atom stereocenters. The SMILES string of the molecule is Cc1oc(CN)cc1COC/C=C/c1ccccc1. The van der Waals surface area contributed by atoms with E-state index in [1.165, 1.54) is 5.56 Å². The third-order valence-corrected chi connectivity index (χ3v) is 2.85. The molecule has 0 spiro atoms. The number of ether oxygens (including phenoxy) is 1. The van der Waals surface area contributed by atoms with Crippen molar-refractivity contribution in [3.63, 3.8) is 0 Å². The van der Waals surface area contributed by atoms with Gasteiger partial charge in [0.15, 0.2) is 0 Å². The van der Waals surface area contributed by atoms with Crippen molar-refractivity contribution in [2.45, 2.75) is 20.1 Å². The summed E-state index contributed by atoms with van der Waals surface area (Å²) in [6, 6.07) is 12.1. The molecule has 0 radical (unpaired) electrons. The Hall–Kier alpha value is -1.84. The van der Waals surface area contributed by atoms with Crippen molar-refractivity contribution in [2.75, 3.05) is 6.61 Å². The first-order chi connectivity index (χ1) is 9.29. The third kappa shape index (κ3) is 4.09. The molecule has 0 amide bonds. The molecule has 0 aliphatic carbocycles. The molecule has 0 fully saturated rings. The minimum atomic E-state index is 0.425. The van der Waals surface area contributed by atoms with Crippen LogP contribution in [-0.2, 0) is 17.9 Å². The third-order valence-electron chi connectivity index (χ3n) is 2.85. The maximum atomic E-state index is 5.59. The van der Waals surface area contributed by atoms with Gasteiger partial charge in [-0.05, 0) is 18.6 Å². The average Bonchev–Trinajstić information content (AvgIpc) is 2.80. The second-order valence-corrected chi connectivity index (χ2v) is 4.33. The number of hydrogen-bond donors (Lipinski definition) is 1. The molecule has 2 aromatic rings. The smallest absolute Gasteiger partial charge is 0.118 e. The topological polar surface area (TPSA) is 48.4 Å². The first-order valence-corrected chi connectivity index (χ1v) is 6.37. The number of aryl methyl sites for hydroxylation is 1. The van der Waals surface area contributed by atoms with E-state index in [2.05, 4.69) is 12.1 Å². The molecule has 0 bridgehead atoms. The number of furan rings is 1. The molecule has 100 valence electrons. The van der Waals surface area contributed by atoms with Crippen molar-refractivity contribution in [3.8, 4) is 0 Å². The Bertz CT molecular complexity index is 529. The van der Waals surface area contributed by atoms with Crippen LogP contribution in [-0.4, -0.2) is 6.61 Å². The lowest BCUT2D eigenvalue weighted by atomic mass is 10.2. The lowest BCUT2D eigenvalue weighted by Crippen LogP contribution is -1.94. The van der Waals surface area contributed by atoms with Crippen LogP contribution >= 0.6 is 0 Å². The standard InChI is InChI=1S/C16H19NO2/c1-13-15(10-16(11-17)19-13)12-18-9-5-8-14-6-3-2-4-7-14/h2-8,10H,9,11-12,17H2,1H3/b8-5+. The van der Waals surface area contributed by atoms with Crippen LogP contribution in [0.25, 0.3) is 6.08 Å². The Morgan fingerprint density at radius 3 is 2.74 bits per heavy atom. The predicted molar refractivity (Wildman–Crippen MR) is 76.5 cm³/mol. The molecular formula is C16H19NO2. The Kier molecular flexibility index (Phi) is 4.95. The Labute approximate surface area is 113 Å². The average molecular weight is 257 g/mol. The molecule has 2 N–H and O–H groups in total. The molecule has 0 atom stereocenters. The fraction of sp³-hybridized carbons (Fsp3) is 0.250. The molecular weight excluding hydrogens is 238 g/mol. The minimum absolute atomic E-state index is 0.425. The highest BCUT2D eigenvalue weighted by Crippen LogP contribution is 2.15. The summed E-state index contributed by atoms with van der Waals surface area (Å²) in [5.74, 6) is 1.68. The van der Waals surface area contributed by atoms with Gasteiger partial charge in [-0.3, -0.25) is 0 Å². The molecule has 0 saturated carbocycles. The van der Waals surface area contributed by atoms with E-state index >= 15 is 0 Å². The molecule has 1 aromatic carbocycles. The summed E-state index contributed by atoms with van der Waals surface area (Å²) in [6.45, 7) is 3.48. The number of hydrogen-bond acceptors (Lipinski definition) is 3. The molecule has 3 nitrogen and oxygen atoms in total. The van der Waals surface area contributed by atoms with Crippen LogP contribution in [0.4, 0.5) is 0 Å². The van der Waals surface area contributed by atoms with Crippen molar-refractivity contribution >= 4 is 6.08 Å². The summed E-state index contributed by atoms with van der Waals surface area (Å²) in [5, 5.41) is 0. The van der Waals surface area contributed by atoms with E-state index < -0.39 is 0 Å².